The highest BCUT2D eigenvalue weighted by atomic mass is 31.2. The van der Waals surface area contributed by atoms with E-state index >= 15 is 0 Å². The van der Waals surface area contributed by atoms with E-state index in [4.69, 9.17) is 0 Å². The first-order chi connectivity index (χ1) is 4.74. The third-order valence-corrected chi connectivity index (χ3v) is 7.71. The summed E-state index contributed by atoms with van der Waals surface area (Å²) in [5.74, 6) is 0. The molecule has 0 saturated heterocycles. The van der Waals surface area contributed by atoms with Crippen molar-refractivity contribution >= 4 is 7.26 Å². The van der Waals surface area contributed by atoms with Gasteiger partial charge in [-0.1, -0.05) is 0 Å². The monoisotopic (exact) mass is 165 g/mol. The Balaban J connectivity index is 3.87. The smallest absolute Gasteiger partial charge is 0.123 e. The van der Waals surface area contributed by atoms with Gasteiger partial charge in [-0.25, -0.2) is 4.39 Å². The molecule has 2 heteroatoms. The number of hydrogen-bond acceptors (Lipinski definition) is 0. The summed E-state index contributed by atoms with van der Waals surface area (Å²) < 4.78 is 12.1. The molecule has 0 saturated carbocycles. The van der Waals surface area contributed by atoms with Crippen LogP contribution in [0.4, 0.5) is 4.39 Å². The highest BCUT2D eigenvalue weighted by Crippen LogP contribution is 2.57. The van der Waals surface area contributed by atoms with E-state index in [0.29, 0.717) is 0 Å². The van der Waals surface area contributed by atoms with Gasteiger partial charge in [-0.05, 0) is 20.8 Å². The second-order valence-electron chi connectivity index (χ2n) is 2.70. The molecule has 0 atom stereocenters. The minimum absolute atomic E-state index is 0.108. The van der Waals surface area contributed by atoms with Crippen molar-refractivity contribution in [2.75, 3.05) is 31.3 Å². The van der Waals surface area contributed by atoms with E-state index in [9.17, 15) is 4.39 Å². The van der Waals surface area contributed by atoms with Gasteiger partial charge in [-0.2, -0.15) is 0 Å². The van der Waals surface area contributed by atoms with Crippen molar-refractivity contribution in [2.45, 2.75) is 20.8 Å². The van der Waals surface area contributed by atoms with Crippen LogP contribution >= 0.6 is 7.26 Å². The molecule has 0 aliphatic carbocycles. The van der Waals surface area contributed by atoms with E-state index in [1.54, 1.807) is 0 Å². The Bertz CT molecular complexity index is 71.1. The molecule has 0 nitrogen and oxygen atoms in total. The molecule has 0 radical (unpaired) electrons. The third-order valence-electron chi connectivity index (χ3n) is 2.57. The number of halogens is 1. The minimum atomic E-state index is -0.814. The lowest BCUT2D eigenvalue weighted by molar-refractivity contribution is 0.529. The largest absolute Gasteiger partial charge is 0.247 e. The Morgan fingerprint density at radius 2 is 1.40 bits per heavy atom. The first-order valence-electron chi connectivity index (χ1n) is 4.15. The van der Waals surface area contributed by atoms with E-state index in [0.717, 1.165) is 6.16 Å². The quantitative estimate of drug-likeness (QED) is 0.549. The fourth-order valence-corrected chi connectivity index (χ4v) is 3.97. The van der Waals surface area contributed by atoms with Gasteiger partial charge < -0.3 is 0 Å². The summed E-state index contributed by atoms with van der Waals surface area (Å²) in [7, 11) is -0.814. The van der Waals surface area contributed by atoms with Gasteiger partial charge in [0, 0.05) is 7.26 Å². The first kappa shape index (κ1) is 10.4. The van der Waals surface area contributed by atoms with Crippen LogP contribution in [0.3, 0.4) is 0 Å². The van der Waals surface area contributed by atoms with E-state index in [1.807, 2.05) is 0 Å². The molecular weight excluding hydrogens is 146 g/mol. The molecule has 0 spiro atoms. The molecule has 0 aromatic rings. The van der Waals surface area contributed by atoms with Crippen molar-refractivity contribution in [1.82, 2.24) is 0 Å². The van der Waals surface area contributed by atoms with Gasteiger partial charge >= 0.3 is 0 Å². The highest BCUT2D eigenvalue weighted by Gasteiger charge is 2.29. The lowest BCUT2D eigenvalue weighted by atomic mass is 10.9. The standard InChI is InChI=1S/C8H19FP/c1-4-10(5-2,6-3)8-7-9/h4-8H2,1-3H3/q+1. The van der Waals surface area contributed by atoms with Crippen LogP contribution in [0.15, 0.2) is 0 Å². The Labute approximate surface area is 64.5 Å². The molecule has 62 valence electrons. The number of alkyl halides is 1. The fourth-order valence-electron chi connectivity index (χ4n) is 1.32. The average molecular weight is 165 g/mol. The second kappa shape index (κ2) is 5.07. The fraction of sp³-hybridized carbons (Fsp3) is 1.00. The predicted molar refractivity (Wildman–Crippen MR) is 49.4 cm³/mol. The third kappa shape index (κ3) is 2.54. The van der Waals surface area contributed by atoms with Crippen LogP contribution in [-0.2, 0) is 0 Å². The van der Waals surface area contributed by atoms with Gasteiger partial charge in [0.1, 0.15) is 6.67 Å². The van der Waals surface area contributed by atoms with Gasteiger partial charge in [0.05, 0.1) is 24.6 Å². The Kier molecular flexibility index (Phi) is 5.25. The molecule has 0 unspecified atom stereocenters. The van der Waals surface area contributed by atoms with Crippen molar-refractivity contribution in [3.63, 3.8) is 0 Å². The molecule has 0 bridgehead atoms. The van der Waals surface area contributed by atoms with E-state index < -0.39 is 7.26 Å². The van der Waals surface area contributed by atoms with Gasteiger partial charge in [-0.15, -0.1) is 0 Å². The summed E-state index contributed by atoms with van der Waals surface area (Å²) in [6, 6.07) is 0. The number of hydrogen-bond donors (Lipinski definition) is 0. The van der Waals surface area contributed by atoms with Crippen LogP contribution < -0.4 is 0 Å². The topological polar surface area (TPSA) is 0 Å². The molecule has 10 heavy (non-hydrogen) atoms. The number of rotatable bonds is 5. The van der Waals surface area contributed by atoms with E-state index in [1.165, 1.54) is 18.5 Å². The van der Waals surface area contributed by atoms with Crippen LogP contribution in [0.1, 0.15) is 20.8 Å². The molecule has 0 aliphatic rings. The summed E-state index contributed by atoms with van der Waals surface area (Å²) in [6.07, 6.45) is 4.54. The van der Waals surface area contributed by atoms with Crippen molar-refractivity contribution in [3.05, 3.63) is 0 Å². The first-order valence-corrected chi connectivity index (χ1v) is 6.68. The zero-order valence-corrected chi connectivity index (χ0v) is 8.26. The van der Waals surface area contributed by atoms with Gasteiger partial charge in [0.25, 0.3) is 0 Å². The average Bonchev–Trinajstić information content (AvgIpc) is 2.01. The van der Waals surface area contributed by atoms with Crippen molar-refractivity contribution in [1.29, 1.82) is 0 Å². The van der Waals surface area contributed by atoms with Crippen molar-refractivity contribution in [3.8, 4) is 0 Å². The van der Waals surface area contributed by atoms with Gasteiger partial charge in [-0.3, -0.25) is 0 Å². The van der Waals surface area contributed by atoms with Gasteiger partial charge in [0.2, 0.25) is 0 Å². The molecular formula is C8H19FP+. The summed E-state index contributed by atoms with van der Waals surface area (Å²) >= 11 is 0. The van der Waals surface area contributed by atoms with Gasteiger partial charge in [0.15, 0.2) is 0 Å². The van der Waals surface area contributed by atoms with Crippen LogP contribution in [0, 0.1) is 0 Å². The van der Waals surface area contributed by atoms with Crippen molar-refractivity contribution < 1.29 is 4.39 Å². The predicted octanol–water partition coefficient (Wildman–Crippen LogP) is 3.03. The zero-order chi connectivity index (χ0) is 8.04. The minimum Gasteiger partial charge on any atom is -0.247 e. The normalized spacial score (nSPS) is 12.0. The Morgan fingerprint density at radius 3 is 1.50 bits per heavy atom. The lowest BCUT2D eigenvalue weighted by Gasteiger charge is -2.21. The maximum absolute atomic E-state index is 12.1. The molecule has 0 aromatic carbocycles. The highest BCUT2D eigenvalue weighted by molar-refractivity contribution is 7.75. The Morgan fingerprint density at radius 1 is 1.00 bits per heavy atom. The molecule has 0 amide bonds. The van der Waals surface area contributed by atoms with Crippen LogP contribution in [0.2, 0.25) is 0 Å². The molecule has 0 fully saturated rings. The van der Waals surface area contributed by atoms with Crippen LogP contribution in [0.25, 0.3) is 0 Å². The molecule has 0 heterocycles. The zero-order valence-electron chi connectivity index (χ0n) is 7.36. The Hall–Kier alpha value is 0.360. The van der Waals surface area contributed by atoms with Crippen LogP contribution in [-0.4, -0.2) is 31.3 Å². The SMILES string of the molecule is CC[P+](CC)(CC)CCF. The summed E-state index contributed by atoms with van der Waals surface area (Å²) in [6.45, 7) is 6.51. The molecule has 0 aromatic heterocycles. The van der Waals surface area contributed by atoms with Crippen molar-refractivity contribution in [2.24, 2.45) is 0 Å². The molecule has 0 aliphatic heterocycles. The summed E-state index contributed by atoms with van der Waals surface area (Å²) in [5, 5.41) is 0. The summed E-state index contributed by atoms with van der Waals surface area (Å²) in [4.78, 5) is 0. The molecule has 0 rings (SSSR count). The van der Waals surface area contributed by atoms with E-state index in [-0.39, 0.29) is 6.67 Å². The second-order valence-corrected chi connectivity index (χ2v) is 7.73. The molecule has 0 N–H and O–H groups in total. The van der Waals surface area contributed by atoms with E-state index in [2.05, 4.69) is 20.8 Å². The summed E-state index contributed by atoms with van der Waals surface area (Å²) in [5.41, 5.74) is 0. The lowest BCUT2D eigenvalue weighted by Crippen LogP contribution is -2.08. The van der Waals surface area contributed by atoms with Crippen LogP contribution in [0.5, 0.6) is 0 Å². The maximum Gasteiger partial charge on any atom is 0.123 e. The maximum atomic E-state index is 12.1.